The van der Waals surface area contributed by atoms with E-state index >= 15 is 0 Å². The molecular formula is C11H22N2OS. The molecule has 88 valence electrons. The molecule has 0 spiro atoms. The van der Waals surface area contributed by atoms with Gasteiger partial charge < -0.3 is 10.6 Å². The van der Waals surface area contributed by atoms with Crippen molar-refractivity contribution >= 4 is 17.7 Å². The second kappa shape index (κ2) is 7.99. The van der Waals surface area contributed by atoms with Gasteiger partial charge >= 0.3 is 0 Å². The molecule has 0 unspecified atom stereocenters. The third-order valence-electron chi connectivity index (χ3n) is 2.63. The first-order chi connectivity index (χ1) is 7.33. The molecule has 0 aromatic heterocycles. The van der Waals surface area contributed by atoms with Gasteiger partial charge in [0.15, 0.2) is 0 Å². The maximum Gasteiger partial charge on any atom is 0.233 e. The highest BCUT2D eigenvalue weighted by molar-refractivity contribution is 7.99. The van der Waals surface area contributed by atoms with Crippen LogP contribution in [0.15, 0.2) is 0 Å². The van der Waals surface area contributed by atoms with Gasteiger partial charge in [0, 0.05) is 12.6 Å². The lowest BCUT2D eigenvalue weighted by atomic mass is 10.1. The van der Waals surface area contributed by atoms with Crippen LogP contribution in [-0.2, 0) is 4.79 Å². The number of amides is 1. The molecule has 2 N–H and O–H groups in total. The van der Waals surface area contributed by atoms with Crippen molar-refractivity contribution in [2.24, 2.45) is 0 Å². The Bertz CT molecular complexity index is 181. The van der Waals surface area contributed by atoms with Gasteiger partial charge in [-0.1, -0.05) is 13.3 Å². The number of hydrogen-bond acceptors (Lipinski definition) is 3. The summed E-state index contributed by atoms with van der Waals surface area (Å²) in [4.78, 5) is 11.4. The third-order valence-corrected chi connectivity index (χ3v) is 3.67. The van der Waals surface area contributed by atoms with Crippen molar-refractivity contribution in [1.82, 2.24) is 10.6 Å². The Labute approximate surface area is 96.8 Å². The summed E-state index contributed by atoms with van der Waals surface area (Å²) in [6, 6.07) is 0.558. The highest BCUT2D eigenvalue weighted by atomic mass is 32.2. The quantitative estimate of drug-likeness (QED) is 0.678. The summed E-state index contributed by atoms with van der Waals surface area (Å²) in [5.74, 6) is 2.60. The van der Waals surface area contributed by atoms with E-state index < -0.39 is 0 Å². The van der Waals surface area contributed by atoms with Crippen LogP contribution >= 0.6 is 11.8 Å². The molecule has 1 fully saturated rings. The molecule has 3 nitrogen and oxygen atoms in total. The Morgan fingerprint density at radius 3 is 2.80 bits per heavy atom. The predicted octanol–water partition coefficient (Wildman–Crippen LogP) is 1.39. The van der Waals surface area contributed by atoms with Gasteiger partial charge in [0.1, 0.15) is 0 Å². The molecule has 1 aliphatic heterocycles. The summed E-state index contributed by atoms with van der Waals surface area (Å²) in [5.41, 5.74) is 0. The molecule has 15 heavy (non-hydrogen) atoms. The topological polar surface area (TPSA) is 41.1 Å². The molecular weight excluding hydrogens is 208 g/mol. The Kier molecular flexibility index (Phi) is 6.85. The average Bonchev–Trinajstić information content (AvgIpc) is 2.28. The van der Waals surface area contributed by atoms with E-state index in [4.69, 9.17) is 0 Å². The van der Waals surface area contributed by atoms with Gasteiger partial charge in [0.2, 0.25) is 5.91 Å². The minimum absolute atomic E-state index is 0.140. The van der Waals surface area contributed by atoms with E-state index in [1.54, 1.807) is 0 Å². The molecule has 1 aliphatic rings. The predicted molar refractivity (Wildman–Crippen MR) is 66.3 cm³/mol. The van der Waals surface area contributed by atoms with Crippen molar-refractivity contribution in [2.45, 2.75) is 38.6 Å². The molecule has 0 atom stereocenters. The molecule has 0 radical (unpaired) electrons. The van der Waals surface area contributed by atoms with E-state index in [1.807, 2.05) is 11.8 Å². The van der Waals surface area contributed by atoms with Crippen molar-refractivity contribution < 1.29 is 4.79 Å². The Hall–Kier alpha value is -0.220. The second-order valence-electron chi connectivity index (χ2n) is 3.97. The molecule has 0 aromatic carbocycles. The van der Waals surface area contributed by atoms with Crippen molar-refractivity contribution in [3.8, 4) is 0 Å². The molecule has 0 aliphatic carbocycles. The maximum absolute atomic E-state index is 11.4. The fraction of sp³-hybridized carbons (Fsp3) is 0.909. The zero-order valence-corrected chi connectivity index (χ0v) is 10.4. The van der Waals surface area contributed by atoms with Crippen LogP contribution in [0.4, 0.5) is 0 Å². The highest BCUT2D eigenvalue weighted by Crippen LogP contribution is 2.16. The molecule has 1 saturated heterocycles. The van der Waals surface area contributed by atoms with Gasteiger partial charge in [0.25, 0.3) is 0 Å². The summed E-state index contributed by atoms with van der Waals surface area (Å²) in [6.45, 7) is 3.43. The van der Waals surface area contributed by atoms with Crippen molar-refractivity contribution in [2.75, 3.05) is 24.6 Å². The maximum atomic E-state index is 11.4. The van der Waals surface area contributed by atoms with Crippen LogP contribution in [0, 0.1) is 0 Å². The number of rotatable bonds is 6. The molecule has 0 bridgehead atoms. The van der Waals surface area contributed by atoms with E-state index in [1.165, 1.54) is 24.3 Å². The molecule has 4 heteroatoms. The van der Waals surface area contributed by atoms with Crippen LogP contribution < -0.4 is 10.6 Å². The molecule has 0 aromatic rings. The van der Waals surface area contributed by atoms with Crippen LogP contribution in [0.2, 0.25) is 0 Å². The van der Waals surface area contributed by atoms with Crippen molar-refractivity contribution in [3.63, 3.8) is 0 Å². The summed E-state index contributed by atoms with van der Waals surface area (Å²) in [7, 11) is 0. The van der Waals surface area contributed by atoms with Gasteiger partial charge in [-0.25, -0.2) is 0 Å². The fourth-order valence-electron chi connectivity index (χ4n) is 1.61. The number of thioether (sulfide) groups is 1. The van der Waals surface area contributed by atoms with Crippen LogP contribution in [-0.4, -0.2) is 36.5 Å². The number of carbonyl (C=O) groups excluding carboxylic acids is 1. The largest absolute Gasteiger partial charge is 0.355 e. The lowest BCUT2D eigenvalue weighted by Crippen LogP contribution is -2.40. The summed E-state index contributed by atoms with van der Waals surface area (Å²) < 4.78 is 0. The fourth-order valence-corrected chi connectivity index (χ4v) is 2.71. The zero-order chi connectivity index (χ0) is 10.9. The Morgan fingerprint density at radius 2 is 2.13 bits per heavy atom. The summed E-state index contributed by atoms with van der Waals surface area (Å²) >= 11 is 2.01. The first-order valence-electron chi connectivity index (χ1n) is 5.90. The first kappa shape index (κ1) is 12.8. The standard InChI is InChI=1S/C11H22N2OS/c1-2-3-6-12-11(14)9-13-10-4-7-15-8-5-10/h10,13H,2-9H2,1H3,(H,12,14). The Morgan fingerprint density at radius 1 is 1.40 bits per heavy atom. The van der Waals surface area contributed by atoms with Crippen LogP contribution in [0.1, 0.15) is 32.6 Å². The Balaban J connectivity index is 2.00. The minimum atomic E-state index is 0.140. The molecule has 0 saturated carbocycles. The van der Waals surface area contributed by atoms with Gasteiger partial charge in [-0.2, -0.15) is 11.8 Å². The van der Waals surface area contributed by atoms with E-state index in [9.17, 15) is 4.79 Å². The van der Waals surface area contributed by atoms with Crippen LogP contribution in [0.5, 0.6) is 0 Å². The van der Waals surface area contributed by atoms with Crippen LogP contribution in [0.3, 0.4) is 0 Å². The first-order valence-corrected chi connectivity index (χ1v) is 7.06. The summed E-state index contributed by atoms with van der Waals surface area (Å²) in [6.07, 6.45) is 4.61. The van der Waals surface area contributed by atoms with Crippen molar-refractivity contribution in [1.29, 1.82) is 0 Å². The highest BCUT2D eigenvalue weighted by Gasteiger charge is 2.13. The zero-order valence-electron chi connectivity index (χ0n) is 9.55. The number of carbonyl (C=O) groups is 1. The normalized spacial score (nSPS) is 17.7. The smallest absolute Gasteiger partial charge is 0.233 e. The van der Waals surface area contributed by atoms with Gasteiger partial charge in [0.05, 0.1) is 6.54 Å². The van der Waals surface area contributed by atoms with Gasteiger partial charge in [-0.3, -0.25) is 4.79 Å². The SMILES string of the molecule is CCCCNC(=O)CNC1CCSCC1. The van der Waals surface area contributed by atoms with Gasteiger partial charge in [-0.05, 0) is 30.8 Å². The van der Waals surface area contributed by atoms with Crippen molar-refractivity contribution in [3.05, 3.63) is 0 Å². The second-order valence-corrected chi connectivity index (χ2v) is 5.20. The van der Waals surface area contributed by atoms with E-state index in [-0.39, 0.29) is 5.91 Å². The number of nitrogens with one attached hydrogen (secondary N) is 2. The third kappa shape index (κ3) is 6.05. The lowest BCUT2D eigenvalue weighted by Gasteiger charge is -2.22. The van der Waals surface area contributed by atoms with Crippen LogP contribution in [0.25, 0.3) is 0 Å². The number of unbranched alkanes of at least 4 members (excludes halogenated alkanes) is 1. The van der Waals surface area contributed by atoms with Gasteiger partial charge in [-0.15, -0.1) is 0 Å². The monoisotopic (exact) mass is 230 g/mol. The molecule has 1 rings (SSSR count). The minimum Gasteiger partial charge on any atom is -0.355 e. The molecule has 1 amide bonds. The molecule has 1 heterocycles. The lowest BCUT2D eigenvalue weighted by molar-refractivity contribution is -0.120. The average molecular weight is 230 g/mol. The summed E-state index contributed by atoms with van der Waals surface area (Å²) in [5, 5.41) is 6.24. The number of hydrogen-bond donors (Lipinski definition) is 2. The van der Waals surface area contributed by atoms with E-state index in [0.717, 1.165) is 19.4 Å². The van der Waals surface area contributed by atoms with E-state index in [0.29, 0.717) is 12.6 Å². The van der Waals surface area contributed by atoms with E-state index in [2.05, 4.69) is 17.6 Å².